The van der Waals surface area contributed by atoms with Crippen molar-refractivity contribution < 1.29 is 4.52 Å². The van der Waals surface area contributed by atoms with E-state index in [2.05, 4.69) is 15.5 Å². The smallest absolute Gasteiger partial charge is 0.173 e. The number of aromatic nitrogens is 2. The van der Waals surface area contributed by atoms with Gasteiger partial charge in [0.15, 0.2) is 5.82 Å². The number of benzene rings is 1. The molecule has 18 heavy (non-hydrogen) atoms. The van der Waals surface area contributed by atoms with Crippen LogP contribution in [0.5, 0.6) is 0 Å². The summed E-state index contributed by atoms with van der Waals surface area (Å²) in [5.74, 6) is 0.671. The van der Waals surface area contributed by atoms with Crippen LogP contribution in [0, 0.1) is 0 Å². The molecule has 1 aromatic carbocycles. The number of nitrogens with one attached hydrogen (secondary N) is 1. The molecule has 1 N–H and O–H groups in total. The fourth-order valence-corrected chi connectivity index (χ4v) is 1.67. The fourth-order valence-electron chi connectivity index (χ4n) is 1.67. The summed E-state index contributed by atoms with van der Waals surface area (Å²) in [5.41, 5.74) is 2.93. The lowest BCUT2D eigenvalue weighted by Gasteiger charge is -2.04. The first-order valence-corrected chi connectivity index (χ1v) is 5.61. The number of pyridine rings is 1. The van der Waals surface area contributed by atoms with Crippen LogP contribution in [-0.4, -0.2) is 10.1 Å². The van der Waals surface area contributed by atoms with E-state index in [0.717, 1.165) is 16.9 Å². The highest BCUT2D eigenvalue weighted by atomic mass is 16.5. The van der Waals surface area contributed by atoms with Gasteiger partial charge < -0.3 is 9.84 Å². The van der Waals surface area contributed by atoms with Crippen molar-refractivity contribution in [1.29, 1.82) is 0 Å². The second kappa shape index (κ2) is 4.71. The third-order valence-electron chi connectivity index (χ3n) is 2.54. The van der Waals surface area contributed by atoms with Crippen molar-refractivity contribution >= 4 is 11.5 Å². The Morgan fingerprint density at radius 3 is 2.50 bits per heavy atom. The van der Waals surface area contributed by atoms with Crippen molar-refractivity contribution in [1.82, 2.24) is 10.1 Å². The molecular formula is C14H11N3O. The van der Waals surface area contributed by atoms with Gasteiger partial charge in [0.25, 0.3) is 0 Å². The van der Waals surface area contributed by atoms with Crippen molar-refractivity contribution in [3.63, 3.8) is 0 Å². The molecule has 0 bridgehead atoms. The van der Waals surface area contributed by atoms with Crippen molar-refractivity contribution in [2.75, 3.05) is 5.32 Å². The molecule has 0 fully saturated rings. The van der Waals surface area contributed by atoms with Gasteiger partial charge in [-0.15, -0.1) is 0 Å². The first-order valence-electron chi connectivity index (χ1n) is 5.61. The molecule has 2 heterocycles. The van der Waals surface area contributed by atoms with Crippen LogP contribution in [-0.2, 0) is 0 Å². The largest absolute Gasteiger partial charge is 0.363 e. The lowest BCUT2D eigenvalue weighted by atomic mass is 10.1. The van der Waals surface area contributed by atoms with Crippen LogP contribution in [0.2, 0.25) is 0 Å². The average molecular weight is 237 g/mol. The molecule has 3 aromatic rings. The minimum atomic E-state index is 0.671. The first-order chi connectivity index (χ1) is 8.92. The molecule has 4 nitrogen and oxygen atoms in total. The molecule has 4 heteroatoms. The molecule has 0 atom stereocenters. The standard InChI is InChI=1S/C14H11N3O/c1-2-4-11(5-3-1)13-7-6-12(10-15-13)16-14-8-9-18-17-14/h1-10H,(H,16,17). The molecule has 0 radical (unpaired) electrons. The minimum Gasteiger partial charge on any atom is -0.363 e. The maximum atomic E-state index is 4.75. The number of anilines is 2. The molecule has 0 amide bonds. The van der Waals surface area contributed by atoms with E-state index in [9.17, 15) is 0 Å². The fraction of sp³-hybridized carbons (Fsp3) is 0. The van der Waals surface area contributed by atoms with Crippen LogP contribution >= 0.6 is 0 Å². The Labute approximate surface area is 104 Å². The Morgan fingerprint density at radius 2 is 1.83 bits per heavy atom. The molecule has 0 saturated heterocycles. The Bertz CT molecular complexity index is 603. The first kappa shape index (κ1) is 10.5. The van der Waals surface area contributed by atoms with E-state index in [1.165, 1.54) is 6.26 Å². The SMILES string of the molecule is c1ccc(-c2ccc(Nc3ccon3)cn2)cc1. The topological polar surface area (TPSA) is 51.0 Å². The lowest BCUT2D eigenvalue weighted by molar-refractivity contribution is 0.423. The maximum absolute atomic E-state index is 4.75. The number of hydrogen-bond acceptors (Lipinski definition) is 4. The van der Waals surface area contributed by atoms with Crippen molar-refractivity contribution in [3.8, 4) is 11.3 Å². The minimum absolute atomic E-state index is 0.671. The Kier molecular flexibility index (Phi) is 2.75. The molecule has 0 unspecified atom stereocenters. The van der Waals surface area contributed by atoms with Crippen LogP contribution in [0.15, 0.2) is 65.5 Å². The van der Waals surface area contributed by atoms with Crippen LogP contribution in [0.3, 0.4) is 0 Å². The zero-order valence-corrected chi connectivity index (χ0v) is 9.58. The highest BCUT2D eigenvalue weighted by Crippen LogP contribution is 2.19. The van der Waals surface area contributed by atoms with Gasteiger partial charge in [0, 0.05) is 11.6 Å². The maximum Gasteiger partial charge on any atom is 0.173 e. The molecule has 88 valence electrons. The Balaban J connectivity index is 1.81. The van der Waals surface area contributed by atoms with Crippen LogP contribution in [0.4, 0.5) is 11.5 Å². The summed E-state index contributed by atoms with van der Waals surface area (Å²) in [4.78, 5) is 4.41. The normalized spacial score (nSPS) is 10.2. The summed E-state index contributed by atoms with van der Waals surface area (Å²) in [5, 5.41) is 6.87. The highest BCUT2D eigenvalue weighted by molar-refractivity contribution is 5.62. The van der Waals surface area contributed by atoms with E-state index in [4.69, 9.17) is 4.52 Å². The molecule has 0 aliphatic rings. The van der Waals surface area contributed by atoms with Gasteiger partial charge in [0.05, 0.1) is 17.6 Å². The van der Waals surface area contributed by atoms with Gasteiger partial charge >= 0.3 is 0 Å². The molecule has 0 saturated carbocycles. The van der Waals surface area contributed by atoms with Gasteiger partial charge in [-0.3, -0.25) is 4.98 Å². The van der Waals surface area contributed by atoms with E-state index < -0.39 is 0 Å². The van der Waals surface area contributed by atoms with E-state index in [1.807, 2.05) is 42.5 Å². The average Bonchev–Trinajstić information content (AvgIpc) is 2.94. The molecule has 0 aliphatic heterocycles. The van der Waals surface area contributed by atoms with E-state index in [-0.39, 0.29) is 0 Å². The van der Waals surface area contributed by atoms with E-state index in [0.29, 0.717) is 5.82 Å². The van der Waals surface area contributed by atoms with Crippen LogP contribution in [0.1, 0.15) is 0 Å². The second-order valence-electron chi connectivity index (χ2n) is 3.81. The molecule has 3 rings (SSSR count). The van der Waals surface area contributed by atoms with Gasteiger partial charge in [-0.1, -0.05) is 35.5 Å². The summed E-state index contributed by atoms with van der Waals surface area (Å²) in [6.45, 7) is 0. The predicted molar refractivity (Wildman–Crippen MR) is 69.5 cm³/mol. The zero-order chi connectivity index (χ0) is 12.2. The van der Waals surface area contributed by atoms with Gasteiger partial charge in [0.2, 0.25) is 0 Å². The quantitative estimate of drug-likeness (QED) is 0.757. The summed E-state index contributed by atoms with van der Waals surface area (Å²) < 4.78 is 4.75. The van der Waals surface area contributed by atoms with E-state index >= 15 is 0 Å². The molecule has 0 aliphatic carbocycles. The third-order valence-corrected chi connectivity index (χ3v) is 2.54. The summed E-state index contributed by atoms with van der Waals surface area (Å²) in [6.07, 6.45) is 3.30. The molecule has 0 spiro atoms. The third kappa shape index (κ3) is 2.22. The molecule has 2 aromatic heterocycles. The van der Waals surface area contributed by atoms with Gasteiger partial charge in [-0.25, -0.2) is 0 Å². The van der Waals surface area contributed by atoms with Gasteiger partial charge in [-0.2, -0.15) is 0 Å². The number of hydrogen-bond donors (Lipinski definition) is 1. The Morgan fingerprint density at radius 1 is 0.944 bits per heavy atom. The van der Waals surface area contributed by atoms with Crippen molar-refractivity contribution in [2.45, 2.75) is 0 Å². The zero-order valence-electron chi connectivity index (χ0n) is 9.58. The van der Waals surface area contributed by atoms with Crippen LogP contribution < -0.4 is 5.32 Å². The second-order valence-corrected chi connectivity index (χ2v) is 3.81. The number of rotatable bonds is 3. The van der Waals surface area contributed by atoms with Crippen LogP contribution in [0.25, 0.3) is 11.3 Å². The monoisotopic (exact) mass is 237 g/mol. The predicted octanol–water partition coefficient (Wildman–Crippen LogP) is 3.48. The van der Waals surface area contributed by atoms with Gasteiger partial charge in [-0.05, 0) is 12.1 Å². The highest BCUT2D eigenvalue weighted by Gasteiger charge is 2.00. The summed E-state index contributed by atoms with van der Waals surface area (Å²) in [6, 6.07) is 15.7. The lowest BCUT2D eigenvalue weighted by Crippen LogP contribution is -1.91. The number of nitrogens with zero attached hydrogens (tertiary/aromatic N) is 2. The van der Waals surface area contributed by atoms with E-state index in [1.54, 1.807) is 12.3 Å². The van der Waals surface area contributed by atoms with Gasteiger partial charge in [0.1, 0.15) is 6.26 Å². The molecular weight excluding hydrogens is 226 g/mol. The Hall–Kier alpha value is -2.62. The summed E-state index contributed by atoms with van der Waals surface area (Å²) in [7, 11) is 0. The van der Waals surface area contributed by atoms with Crippen molar-refractivity contribution in [3.05, 3.63) is 61.0 Å². The van der Waals surface area contributed by atoms with Crippen molar-refractivity contribution in [2.24, 2.45) is 0 Å². The summed E-state index contributed by atoms with van der Waals surface area (Å²) >= 11 is 0.